The SMILES string of the molecule is CCc1cc(CNC(=O)NCCS(=O)c2ccccc2)on1. The molecule has 0 bridgehead atoms. The number of aryl methyl sites for hydroxylation is 1. The van der Waals surface area contributed by atoms with Gasteiger partial charge in [-0.2, -0.15) is 0 Å². The molecular formula is C15H19N3O3S. The summed E-state index contributed by atoms with van der Waals surface area (Å²) in [5.41, 5.74) is 0.857. The van der Waals surface area contributed by atoms with E-state index in [2.05, 4.69) is 15.8 Å². The van der Waals surface area contributed by atoms with Gasteiger partial charge in [-0.15, -0.1) is 0 Å². The molecule has 118 valence electrons. The predicted octanol–water partition coefficient (Wildman–Crippen LogP) is 1.84. The minimum Gasteiger partial charge on any atom is -0.359 e. The van der Waals surface area contributed by atoms with Crippen LogP contribution in [0.3, 0.4) is 0 Å². The molecule has 1 aromatic carbocycles. The van der Waals surface area contributed by atoms with Crippen molar-refractivity contribution in [2.45, 2.75) is 24.8 Å². The van der Waals surface area contributed by atoms with Crippen LogP contribution in [0.1, 0.15) is 18.4 Å². The van der Waals surface area contributed by atoms with Crippen molar-refractivity contribution in [1.82, 2.24) is 15.8 Å². The standard InChI is InChI=1S/C15H19N3O3S/c1-2-12-10-13(21-18-12)11-17-15(19)16-8-9-22(20)14-6-4-3-5-7-14/h3-7,10H,2,8-9,11H2,1H3,(H2,16,17,19). The maximum absolute atomic E-state index is 12.0. The second kappa shape index (κ2) is 8.33. The van der Waals surface area contributed by atoms with E-state index in [-0.39, 0.29) is 12.6 Å². The van der Waals surface area contributed by atoms with Crippen molar-refractivity contribution >= 4 is 16.8 Å². The lowest BCUT2D eigenvalue weighted by molar-refractivity contribution is 0.239. The summed E-state index contributed by atoms with van der Waals surface area (Å²) in [6, 6.07) is 10.7. The van der Waals surface area contributed by atoms with E-state index >= 15 is 0 Å². The summed E-state index contributed by atoms with van der Waals surface area (Å²) < 4.78 is 17.0. The number of nitrogens with zero attached hydrogens (tertiary/aromatic N) is 1. The van der Waals surface area contributed by atoms with E-state index in [1.165, 1.54) is 0 Å². The Bertz CT molecular complexity index is 628. The minimum absolute atomic E-state index is 0.278. The normalized spacial score (nSPS) is 11.9. The molecule has 0 saturated carbocycles. The van der Waals surface area contributed by atoms with E-state index in [4.69, 9.17) is 4.52 Å². The topological polar surface area (TPSA) is 84.2 Å². The number of amides is 2. The number of hydrogen-bond acceptors (Lipinski definition) is 4. The molecule has 0 aliphatic carbocycles. The van der Waals surface area contributed by atoms with Gasteiger partial charge in [0.25, 0.3) is 0 Å². The van der Waals surface area contributed by atoms with E-state index in [0.29, 0.717) is 18.1 Å². The molecule has 0 radical (unpaired) electrons. The summed E-state index contributed by atoms with van der Waals surface area (Å²) in [4.78, 5) is 12.4. The molecule has 2 rings (SSSR count). The summed E-state index contributed by atoms with van der Waals surface area (Å²) in [6.45, 7) is 2.60. The van der Waals surface area contributed by atoms with Gasteiger partial charge in [0.1, 0.15) is 0 Å². The minimum atomic E-state index is -1.11. The summed E-state index contributed by atoms with van der Waals surface area (Å²) in [7, 11) is -1.11. The Labute approximate surface area is 131 Å². The Morgan fingerprint density at radius 3 is 2.73 bits per heavy atom. The summed E-state index contributed by atoms with van der Waals surface area (Å²) in [5.74, 6) is 0.986. The monoisotopic (exact) mass is 321 g/mol. The third-order valence-electron chi connectivity index (χ3n) is 2.97. The second-order valence-corrected chi connectivity index (χ2v) is 6.18. The molecule has 0 saturated heterocycles. The molecule has 0 aliphatic heterocycles. The lowest BCUT2D eigenvalue weighted by Gasteiger charge is -2.06. The highest BCUT2D eigenvalue weighted by Gasteiger charge is 2.07. The molecule has 0 spiro atoms. The number of aromatic nitrogens is 1. The van der Waals surface area contributed by atoms with Gasteiger partial charge in [-0.25, -0.2) is 4.79 Å². The lowest BCUT2D eigenvalue weighted by atomic mass is 10.3. The van der Waals surface area contributed by atoms with Crippen LogP contribution in [-0.4, -0.2) is 27.7 Å². The molecule has 7 heteroatoms. The van der Waals surface area contributed by atoms with Crippen LogP contribution >= 0.6 is 0 Å². The molecule has 2 aromatic rings. The largest absolute Gasteiger partial charge is 0.359 e. The number of carbonyl (C=O) groups excluding carboxylic acids is 1. The zero-order valence-electron chi connectivity index (χ0n) is 12.4. The summed E-state index contributed by atoms with van der Waals surface area (Å²) >= 11 is 0. The van der Waals surface area contributed by atoms with Crippen molar-refractivity contribution in [3.63, 3.8) is 0 Å². The molecule has 6 nitrogen and oxygen atoms in total. The number of hydrogen-bond donors (Lipinski definition) is 2. The fourth-order valence-electron chi connectivity index (χ4n) is 1.78. The van der Waals surface area contributed by atoms with Crippen LogP contribution in [0, 0.1) is 0 Å². The van der Waals surface area contributed by atoms with Crippen LogP contribution in [0.2, 0.25) is 0 Å². The lowest BCUT2D eigenvalue weighted by Crippen LogP contribution is -2.37. The van der Waals surface area contributed by atoms with Crippen molar-refractivity contribution < 1.29 is 13.5 Å². The van der Waals surface area contributed by atoms with E-state index in [1.54, 1.807) is 0 Å². The number of rotatable bonds is 7. The number of benzene rings is 1. The van der Waals surface area contributed by atoms with E-state index < -0.39 is 10.8 Å². The van der Waals surface area contributed by atoms with Crippen LogP contribution in [0.5, 0.6) is 0 Å². The van der Waals surface area contributed by atoms with Gasteiger partial charge >= 0.3 is 6.03 Å². The average Bonchev–Trinajstić information content (AvgIpc) is 3.02. The van der Waals surface area contributed by atoms with Gasteiger partial charge in [0.05, 0.1) is 23.0 Å². The quantitative estimate of drug-likeness (QED) is 0.815. The van der Waals surface area contributed by atoms with Gasteiger partial charge in [0, 0.05) is 23.3 Å². The highest BCUT2D eigenvalue weighted by atomic mass is 32.2. The maximum Gasteiger partial charge on any atom is 0.315 e. The smallest absolute Gasteiger partial charge is 0.315 e. The Hall–Kier alpha value is -2.15. The van der Waals surface area contributed by atoms with Gasteiger partial charge in [0.15, 0.2) is 5.76 Å². The first-order valence-electron chi connectivity index (χ1n) is 7.08. The first-order valence-corrected chi connectivity index (χ1v) is 8.40. The molecule has 1 aromatic heterocycles. The van der Waals surface area contributed by atoms with Crippen LogP contribution < -0.4 is 10.6 Å². The molecule has 1 unspecified atom stereocenters. The highest BCUT2D eigenvalue weighted by Crippen LogP contribution is 2.05. The number of nitrogens with one attached hydrogen (secondary N) is 2. The van der Waals surface area contributed by atoms with Crippen molar-refractivity contribution in [2.24, 2.45) is 0 Å². The number of carbonyl (C=O) groups is 1. The van der Waals surface area contributed by atoms with Crippen molar-refractivity contribution in [2.75, 3.05) is 12.3 Å². The fourth-order valence-corrected chi connectivity index (χ4v) is 2.77. The Morgan fingerprint density at radius 1 is 1.27 bits per heavy atom. The molecule has 0 aliphatic rings. The summed E-state index contributed by atoms with van der Waals surface area (Å²) in [5, 5.41) is 9.18. The first kappa shape index (κ1) is 16.2. The van der Waals surface area contributed by atoms with Crippen molar-refractivity contribution in [1.29, 1.82) is 0 Å². The second-order valence-electron chi connectivity index (χ2n) is 4.61. The Balaban J connectivity index is 1.66. The Morgan fingerprint density at radius 2 is 2.05 bits per heavy atom. The molecular weight excluding hydrogens is 302 g/mol. The van der Waals surface area contributed by atoms with Crippen molar-refractivity contribution in [3.8, 4) is 0 Å². The highest BCUT2D eigenvalue weighted by molar-refractivity contribution is 7.85. The molecule has 2 amide bonds. The third kappa shape index (κ3) is 5.00. The van der Waals surface area contributed by atoms with Gasteiger partial charge in [-0.1, -0.05) is 30.3 Å². The van der Waals surface area contributed by atoms with Gasteiger partial charge in [-0.3, -0.25) is 4.21 Å². The first-order chi connectivity index (χ1) is 10.7. The molecule has 1 atom stereocenters. The van der Waals surface area contributed by atoms with Crippen molar-refractivity contribution in [3.05, 3.63) is 47.9 Å². The van der Waals surface area contributed by atoms with Crippen LogP contribution in [0.15, 0.2) is 45.8 Å². The molecule has 0 fully saturated rings. The predicted molar refractivity (Wildman–Crippen MR) is 83.8 cm³/mol. The third-order valence-corrected chi connectivity index (χ3v) is 4.35. The van der Waals surface area contributed by atoms with E-state index in [0.717, 1.165) is 17.0 Å². The average molecular weight is 321 g/mol. The van der Waals surface area contributed by atoms with Gasteiger partial charge in [-0.05, 0) is 18.6 Å². The molecule has 2 N–H and O–H groups in total. The van der Waals surface area contributed by atoms with E-state index in [1.807, 2.05) is 43.3 Å². The van der Waals surface area contributed by atoms with Crippen LogP contribution in [-0.2, 0) is 23.8 Å². The number of urea groups is 1. The van der Waals surface area contributed by atoms with Gasteiger partial charge in [0.2, 0.25) is 0 Å². The summed E-state index contributed by atoms with van der Waals surface area (Å²) in [6.07, 6.45) is 0.793. The molecule has 22 heavy (non-hydrogen) atoms. The van der Waals surface area contributed by atoms with E-state index in [9.17, 15) is 9.00 Å². The van der Waals surface area contributed by atoms with Gasteiger partial charge < -0.3 is 15.2 Å². The Kier molecular flexibility index (Phi) is 6.14. The maximum atomic E-state index is 12.0. The zero-order chi connectivity index (χ0) is 15.8. The molecule has 1 heterocycles. The zero-order valence-corrected chi connectivity index (χ0v) is 13.2. The fraction of sp³-hybridized carbons (Fsp3) is 0.333. The van der Waals surface area contributed by atoms with Crippen LogP contribution in [0.4, 0.5) is 4.79 Å². The van der Waals surface area contributed by atoms with Crippen LogP contribution in [0.25, 0.3) is 0 Å².